The summed E-state index contributed by atoms with van der Waals surface area (Å²) in [6.07, 6.45) is 1.02. The summed E-state index contributed by atoms with van der Waals surface area (Å²) in [5.74, 6) is 0.275. The largest absolute Gasteiger partial charge is 0.242 e. The summed E-state index contributed by atoms with van der Waals surface area (Å²) >= 11 is 0. The number of benzene rings is 8. The van der Waals surface area contributed by atoms with Crippen LogP contribution in [-0.2, 0) is 11.8 Å². The average molecular weight is 833 g/mol. The standard InChI is InChI=1S/C37H35B.C26H30/c1-25-20-27(3)35-29(22-25)24-30-23-26(2)21-28(4)36(30)38(35)34-18-16-33(17-19-34)37(5,31-12-8-6-9-13-31)32-14-10-7-11-15-32;1-16-8-10-23(11-9-16)26(24-19(4)12-17(2)13-20(24)5)25-21(6)14-18(3)15-22(25)7/h6-23H,24H2,1-5H3;8-15,26H,1-7H3. The van der Waals surface area contributed by atoms with Crippen molar-refractivity contribution in [1.29, 1.82) is 0 Å². The lowest BCUT2D eigenvalue weighted by atomic mass is 9.32. The molecule has 64 heavy (non-hydrogen) atoms. The fourth-order valence-corrected chi connectivity index (χ4v) is 11.5. The van der Waals surface area contributed by atoms with Gasteiger partial charge in [-0.15, -0.1) is 0 Å². The number of hydrogen-bond donors (Lipinski definition) is 0. The van der Waals surface area contributed by atoms with Crippen molar-refractivity contribution in [1.82, 2.24) is 0 Å². The highest BCUT2D eigenvalue weighted by atomic mass is 14.3. The molecule has 8 aromatic rings. The van der Waals surface area contributed by atoms with E-state index in [0.717, 1.165) is 6.42 Å². The normalized spacial score (nSPS) is 12.1. The van der Waals surface area contributed by atoms with Crippen LogP contribution in [0.25, 0.3) is 0 Å². The summed E-state index contributed by atoms with van der Waals surface area (Å²) in [5, 5.41) is 0. The number of rotatable bonds is 7. The third kappa shape index (κ3) is 8.58. The van der Waals surface area contributed by atoms with Gasteiger partial charge in [0.25, 0.3) is 0 Å². The molecule has 0 radical (unpaired) electrons. The topological polar surface area (TPSA) is 0 Å². The maximum atomic E-state index is 2.41. The van der Waals surface area contributed by atoms with Gasteiger partial charge in [-0.3, -0.25) is 0 Å². The molecular weight excluding hydrogens is 768 g/mol. The van der Waals surface area contributed by atoms with Crippen molar-refractivity contribution in [2.24, 2.45) is 0 Å². The van der Waals surface area contributed by atoms with E-state index in [9.17, 15) is 0 Å². The molecule has 8 aromatic carbocycles. The Bertz CT molecular complexity index is 2750. The summed E-state index contributed by atoms with van der Waals surface area (Å²) < 4.78 is 0. The Morgan fingerprint density at radius 1 is 0.375 bits per heavy atom. The molecule has 0 bridgehead atoms. The second kappa shape index (κ2) is 18.1. The van der Waals surface area contributed by atoms with Gasteiger partial charge < -0.3 is 0 Å². The van der Waals surface area contributed by atoms with Crippen LogP contribution in [0.4, 0.5) is 0 Å². The summed E-state index contributed by atoms with van der Waals surface area (Å²) in [6.45, 7) is 27.2. The zero-order valence-electron chi connectivity index (χ0n) is 40.4. The average Bonchev–Trinajstić information content (AvgIpc) is 3.25. The molecule has 1 heterocycles. The van der Waals surface area contributed by atoms with E-state index < -0.39 is 0 Å². The van der Waals surface area contributed by atoms with Gasteiger partial charge in [0.1, 0.15) is 0 Å². The van der Waals surface area contributed by atoms with Crippen molar-refractivity contribution in [2.75, 3.05) is 0 Å². The molecule has 0 nitrogen and oxygen atoms in total. The first-order valence-corrected chi connectivity index (χ1v) is 23.3. The molecule has 0 N–H and O–H groups in total. The summed E-state index contributed by atoms with van der Waals surface area (Å²) in [4.78, 5) is 0. The van der Waals surface area contributed by atoms with E-state index in [4.69, 9.17) is 0 Å². The first kappa shape index (κ1) is 44.4. The summed E-state index contributed by atoms with van der Waals surface area (Å²) in [5.41, 5.74) is 30.3. The maximum Gasteiger partial charge on any atom is 0.242 e. The monoisotopic (exact) mass is 833 g/mol. The predicted molar refractivity (Wildman–Crippen MR) is 278 cm³/mol. The molecule has 0 spiro atoms. The van der Waals surface area contributed by atoms with Crippen molar-refractivity contribution in [3.05, 3.63) is 263 Å². The smallest absolute Gasteiger partial charge is 0.0686 e. The lowest BCUT2D eigenvalue weighted by molar-refractivity contribution is 0.693. The molecule has 0 amide bonds. The lowest BCUT2D eigenvalue weighted by Crippen LogP contribution is -2.58. The highest BCUT2D eigenvalue weighted by Gasteiger charge is 2.35. The van der Waals surface area contributed by atoms with Crippen LogP contribution in [0.1, 0.15) is 119 Å². The first-order valence-electron chi connectivity index (χ1n) is 23.3. The van der Waals surface area contributed by atoms with Gasteiger partial charge in [0.15, 0.2) is 0 Å². The van der Waals surface area contributed by atoms with E-state index in [0.29, 0.717) is 0 Å². The zero-order chi connectivity index (χ0) is 45.4. The van der Waals surface area contributed by atoms with Crippen LogP contribution in [0.15, 0.2) is 158 Å². The second-order valence-electron chi connectivity index (χ2n) is 19.4. The lowest BCUT2D eigenvalue weighted by Gasteiger charge is -2.33. The molecule has 1 heteroatoms. The number of hydrogen-bond acceptors (Lipinski definition) is 0. The first-order chi connectivity index (χ1) is 30.6. The molecule has 320 valence electrons. The van der Waals surface area contributed by atoms with Crippen LogP contribution < -0.4 is 16.4 Å². The van der Waals surface area contributed by atoms with Gasteiger partial charge in [0.05, 0.1) is 0 Å². The molecule has 9 rings (SSSR count). The maximum absolute atomic E-state index is 2.41. The van der Waals surface area contributed by atoms with E-state index in [2.05, 4.69) is 241 Å². The van der Waals surface area contributed by atoms with E-state index in [1.165, 1.54) is 122 Å². The Labute approximate surface area is 385 Å². The molecule has 0 saturated heterocycles. The van der Waals surface area contributed by atoms with Crippen LogP contribution in [0.2, 0.25) is 0 Å². The van der Waals surface area contributed by atoms with Crippen LogP contribution in [-0.4, -0.2) is 6.71 Å². The second-order valence-corrected chi connectivity index (χ2v) is 19.4. The Hall–Kier alpha value is -6.18. The molecule has 0 unspecified atom stereocenters. The highest BCUT2D eigenvalue weighted by molar-refractivity contribution is 6.97. The van der Waals surface area contributed by atoms with E-state index in [1.807, 2.05) is 0 Å². The van der Waals surface area contributed by atoms with Crippen molar-refractivity contribution in [3.63, 3.8) is 0 Å². The van der Waals surface area contributed by atoms with Crippen LogP contribution >= 0.6 is 0 Å². The van der Waals surface area contributed by atoms with Gasteiger partial charge in [0.2, 0.25) is 6.71 Å². The Balaban J connectivity index is 0.000000189. The van der Waals surface area contributed by atoms with Gasteiger partial charge in [0, 0.05) is 11.3 Å². The zero-order valence-corrected chi connectivity index (χ0v) is 40.4. The van der Waals surface area contributed by atoms with Gasteiger partial charge >= 0.3 is 0 Å². The van der Waals surface area contributed by atoms with E-state index >= 15 is 0 Å². The van der Waals surface area contributed by atoms with E-state index in [-0.39, 0.29) is 18.0 Å². The Morgan fingerprint density at radius 3 is 1.14 bits per heavy atom. The molecular formula is C63H65B. The van der Waals surface area contributed by atoms with Gasteiger partial charge in [-0.05, 0) is 156 Å². The van der Waals surface area contributed by atoms with Gasteiger partial charge in [-0.2, -0.15) is 0 Å². The highest BCUT2D eigenvalue weighted by Crippen LogP contribution is 2.41. The molecule has 0 fully saturated rings. The number of aryl methyl sites for hydroxylation is 11. The minimum Gasteiger partial charge on any atom is -0.0686 e. The van der Waals surface area contributed by atoms with E-state index in [1.54, 1.807) is 0 Å². The van der Waals surface area contributed by atoms with Crippen LogP contribution in [0, 0.1) is 76.2 Å². The van der Waals surface area contributed by atoms with Gasteiger partial charge in [-0.25, -0.2) is 0 Å². The van der Waals surface area contributed by atoms with Crippen LogP contribution in [0.3, 0.4) is 0 Å². The Kier molecular flexibility index (Phi) is 12.6. The molecule has 0 saturated carbocycles. The van der Waals surface area contributed by atoms with Crippen molar-refractivity contribution in [2.45, 2.75) is 101 Å². The van der Waals surface area contributed by atoms with Gasteiger partial charge in [-0.1, -0.05) is 213 Å². The molecule has 1 aliphatic rings. The minimum atomic E-state index is -0.233. The Morgan fingerprint density at radius 2 is 0.734 bits per heavy atom. The molecule has 0 aliphatic carbocycles. The van der Waals surface area contributed by atoms with Crippen LogP contribution in [0.5, 0.6) is 0 Å². The summed E-state index contributed by atoms with van der Waals surface area (Å²) in [7, 11) is 0. The van der Waals surface area contributed by atoms with Crippen molar-refractivity contribution < 1.29 is 0 Å². The fourth-order valence-electron chi connectivity index (χ4n) is 11.5. The molecule has 1 aliphatic heterocycles. The number of fused-ring (bicyclic) bond motifs is 2. The molecule has 0 aromatic heterocycles. The predicted octanol–water partition coefficient (Wildman–Crippen LogP) is 13.7. The third-order valence-corrected chi connectivity index (χ3v) is 14.2. The van der Waals surface area contributed by atoms with Crippen molar-refractivity contribution in [3.8, 4) is 0 Å². The minimum absolute atomic E-state index is 0.233. The van der Waals surface area contributed by atoms with Crippen molar-refractivity contribution >= 4 is 23.1 Å². The summed E-state index contributed by atoms with van der Waals surface area (Å²) in [6, 6.07) is 59.2. The SMILES string of the molecule is Cc1cc(C)c2c(c1)Cc1cc(C)cc(C)c1B2c1ccc(C(C)(c2ccccc2)c2ccccc2)cc1.Cc1ccc(C(c2c(C)cc(C)cc2C)c2c(C)cc(C)cc2C)cc1. The molecule has 0 atom stereocenters. The quantitative estimate of drug-likeness (QED) is 0.111. The third-order valence-electron chi connectivity index (χ3n) is 14.2. The fraction of sp³-hybridized carbons (Fsp3) is 0.238.